The molecule has 1 aromatic heterocycles. The van der Waals surface area contributed by atoms with E-state index in [-0.39, 0.29) is 12.4 Å². The van der Waals surface area contributed by atoms with Gasteiger partial charge in [-0.1, -0.05) is 0 Å². The van der Waals surface area contributed by atoms with Crippen LogP contribution in [0.1, 0.15) is 6.92 Å². The molecule has 6 heteroatoms. The van der Waals surface area contributed by atoms with Crippen LogP contribution in [0.3, 0.4) is 0 Å². The topological polar surface area (TPSA) is 41.1 Å². The fourth-order valence-corrected chi connectivity index (χ4v) is 1.58. The molecule has 1 saturated heterocycles. The van der Waals surface area contributed by atoms with Crippen molar-refractivity contribution in [3.05, 3.63) is 18.2 Å². The van der Waals surface area contributed by atoms with Crippen molar-refractivity contribution in [2.45, 2.75) is 13.0 Å². The number of aromatic nitrogens is 2. The summed E-state index contributed by atoms with van der Waals surface area (Å²) in [6.45, 7) is 4.76. The highest BCUT2D eigenvalue weighted by atomic mass is 35.5. The van der Waals surface area contributed by atoms with Crippen molar-refractivity contribution in [1.82, 2.24) is 15.3 Å². The number of piperazine rings is 1. The first-order chi connectivity index (χ1) is 6.75. The summed E-state index contributed by atoms with van der Waals surface area (Å²) in [5, 5.41) is 3.32. The minimum Gasteiger partial charge on any atom is -0.338 e. The van der Waals surface area contributed by atoms with E-state index in [0.717, 1.165) is 19.6 Å². The van der Waals surface area contributed by atoms with Crippen LogP contribution in [0.25, 0.3) is 0 Å². The zero-order chi connectivity index (χ0) is 9.97. The third-order valence-electron chi connectivity index (χ3n) is 2.26. The Morgan fingerprint density at radius 1 is 1.47 bits per heavy atom. The Morgan fingerprint density at radius 2 is 2.13 bits per heavy atom. The second-order valence-corrected chi connectivity index (χ2v) is 3.50. The normalized spacial score (nSPS) is 20.9. The number of rotatable bonds is 1. The molecule has 0 saturated carbocycles. The molecule has 2 heterocycles. The van der Waals surface area contributed by atoms with Gasteiger partial charge in [-0.05, 0) is 6.92 Å². The lowest BCUT2D eigenvalue weighted by Gasteiger charge is -2.31. The fourth-order valence-electron chi connectivity index (χ4n) is 1.58. The molecule has 2 rings (SSSR count). The van der Waals surface area contributed by atoms with Crippen molar-refractivity contribution in [3.8, 4) is 0 Å². The van der Waals surface area contributed by atoms with E-state index in [1.807, 2.05) is 0 Å². The molecule has 0 aromatic carbocycles. The number of nitrogens with zero attached hydrogens (tertiary/aromatic N) is 3. The summed E-state index contributed by atoms with van der Waals surface area (Å²) in [6, 6.07) is 0.428. The quantitative estimate of drug-likeness (QED) is 0.779. The van der Waals surface area contributed by atoms with Gasteiger partial charge in [-0.2, -0.15) is 0 Å². The maximum Gasteiger partial charge on any atom is 0.225 e. The Hall–Kier alpha value is -0.940. The Labute approximate surface area is 94.3 Å². The molecule has 0 bridgehead atoms. The lowest BCUT2D eigenvalue weighted by Crippen LogP contribution is -2.49. The third-order valence-corrected chi connectivity index (χ3v) is 2.26. The summed E-state index contributed by atoms with van der Waals surface area (Å²) in [7, 11) is 0. The first-order valence-corrected chi connectivity index (χ1v) is 4.71. The summed E-state index contributed by atoms with van der Waals surface area (Å²) in [4.78, 5) is 9.95. The number of hydrogen-bond acceptors (Lipinski definition) is 4. The summed E-state index contributed by atoms with van der Waals surface area (Å²) < 4.78 is 12.6. The van der Waals surface area contributed by atoms with Crippen molar-refractivity contribution in [3.63, 3.8) is 0 Å². The molecular formula is C9H14ClFN4. The Bertz CT molecular complexity index is 305. The fraction of sp³-hybridized carbons (Fsp3) is 0.556. The van der Waals surface area contributed by atoms with Crippen LogP contribution in [0.5, 0.6) is 0 Å². The third kappa shape index (κ3) is 3.00. The van der Waals surface area contributed by atoms with Gasteiger partial charge >= 0.3 is 0 Å². The van der Waals surface area contributed by atoms with Crippen molar-refractivity contribution >= 4 is 18.4 Å². The zero-order valence-corrected chi connectivity index (χ0v) is 9.30. The molecule has 1 aliphatic heterocycles. The van der Waals surface area contributed by atoms with E-state index in [2.05, 4.69) is 27.1 Å². The zero-order valence-electron chi connectivity index (χ0n) is 8.48. The molecule has 0 amide bonds. The van der Waals surface area contributed by atoms with Crippen LogP contribution >= 0.6 is 12.4 Å². The largest absolute Gasteiger partial charge is 0.338 e. The van der Waals surface area contributed by atoms with Gasteiger partial charge in [-0.25, -0.2) is 14.4 Å². The molecule has 1 fully saturated rings. The van der Waals surface area contributed by atoms with Crippen LogP contribution in [0.4, 0.5) is 10.3 Å². The molecule has 4 nitrogen and oxygen atoms in total. The summed E-state index contributed by atoms with van der Waals surface area (Å²) in [5.41, 5.74) is 0. The van der Waals surface area contributed by atoms with E-state index in [1.54, 1.807) is 0 Å². The molecule has 15 heavy (non-hydrogen) atoms. The van der Waals surface area contributed by atoms with Gasteiger partial charge in [0.25, 0.3) is 0 Å². The lowest BCUT2D eigenvalue weighted by atomic mass is 10.2. The van der Waals surface area contributed by atoms with Gasteiger partial charge < -0.3 is 10.2 Å². The Morgan fingerprint density at radius 3 is 2.73 bits per heavy atom. The molecule has 1 aliphatic rings. The van der Waals surface area contributed by atoms with E-state index in [0.29, 0.717) is 12.0 Å². The monoisotopic (exact) mass is 232 g/mol. The van der Waals surface area contributed by atoms with Gasteiger partial charge in [0.1, 0.15) is 0 Å². The number of nitrogens with one attached hydrogen (secondary N) is 1. The van der Waals surface area contributed by atoms with E-state index in [4.69, 9.17) is 0 Å². The highest BCUT2D eigenvalue weighted by molar-refractivity contribution is 5.85. The number of halogens is 2. The van der Waals surface area contributed by atoms with Crippen molar-refractivity contribution in [2.75, 3.05) is 24.5 Å². The van der Waals surface area contributed by atoms with Crippen LogP contribution in [-0.4, -0.2) is 35.6 Å². The van der Waals surface area contributed by atoms with Crippen LogP contribution in [-0.2, 0) is 0 Å². The minimum atomic E-state index is -0.392. The van der Waals surface area contributed by atoms with Crippen molar-refractivity contribution in [2.24, 2.45) is 0 Å². The van der Waals surface area contributed by atoms with E-state index in [9.17, 15) is 4.39 Å². The lowest BCUT2D eigenvalue weighted by molar-refractivity contribution is 0.478. The first kappa shape index (κ1) is 12.1. The van der Waals surface area contributed by atoms with Gasteiger partial charge in [0.15, 0.2) is 5.82 Å². The summed E-state index contributed by atoms with van der Waals surface area (Å²) >= 11 is 0. The molecular weight excluding hydrogens is 219 g/mol. The van der Waals surface area contributed by atoms with Crippen molar-refractivity contribution in [1.29, 1.82) is 0 Å². The predicted octanol–water partition coefficient (Wildman–Crippen LogP) is 0.836. The van der Waals surface area contributed by atoms with Gasteiger partial charge in [-0.15, -0.1) is 12.4 Å². The Balaban J connectivity index is 0.00000112. The van der Waals surface area contributed by atoms with Gasteiger partial charge in [0, 0.05) is 25.7 Å². The average Bonchev–Trinajstić information content (AvgIpc) is 2.19. The molecule has 1 atom stereocenters. The number of anilines is 1. The molecule has 1 unspecified atom stereocenters. The van der Waals surface area contributed by atoms with Crippen LogP contribution in [0.2, 0.25) is 0 Å². The smallest absolute Gasteiger partial charge is 0.225 e. The minimum absolute atomic E-state index is 0. The second-order valence-electron chi connectivity index (χ2n) is 3.50. The predicted molar refractivity (Wildman–Crippen MR) is 58.9 cm³/mol. The SMILES string of the molecule is CC1CN(c2ncc(F)cn2)CCN1.Cl. The van der Waals surface area contributed by atoms with Gasteiger partial charge in [-0.3, -0.25) is 0 Å². The van der Waals surface area contributed by atoms with Gasteiger partial charge in [0.2, 0.25) is 5.95 Å². The molecule has 84 valence electrons. The molecule has 1 N–H and O–H groups in total. The first-order valence-electron chi connectivity index (χ1n) is 4.71. The molecule has 0 radical (unpaired) electrons. The van der Waals surface area contributed by atoms with E-state index in [1.165, 1.54) is 12.4 Å². The molecule has 1 aromatic rings. The maximum atomic E-state index is 12.6. The summed E-state index contributed by atoms with van der Waals surface area (Å²) in [5.74, 6) is 0.219. The van der Waals surface area contributed by atoms with Crippen LogP contribution in [0.15, 0.2) is 12.4 Å². The van der Waals surface area contributed by atoms with Gasteiger partial charge in [0.05, 0.1) is 12.4 Å². The Kier molecular flexibility index (Phi) is 4.23. The second kappa shape index (κ2) is 5.23. The number of hydrogen-bond donors (Lipinski definition) is 1. The van der Waals surface area contributed by atoms with Crippen LogP contribution < -0.4 is 10.2 Å². The van der Waals surface area contributed by atoms with Crippen molar-refractivity contribution < 1.29 is 4.39 Å². The maximum absolute atomic E-state index is 12.6. The molecule has 0 spiro atoms. The average molecular weight is 233 g/mol. The van der Waals surface area contributed by atoms with E-state index >= 15 is 0 Å². The summed E-state index contributed by atoms with van der Waals surface area (Å²) in [6.07, 6.45) is 2.41. The highest BCUT2D eigenvalue weighted by Crippen LogP contribution is 2.09. The van der Waals surface area contributed by atoms with Crippen LogP contribution in [0, 0.1) is 5.82 Å². The molecule has 0 aliphatic carbocycles. The van der Waals surface area contributed by atoms with E-state index < -0.39 is 5.82 Å². The highest BCUT2D eigenvalue weighted by Gasteiger charge is 2.17. The standard InChI is InChI=1S/C9H13FN4.ClH/c1-7-6-14(3-2-11-7)9-12-4-8(10)5-13-9;/h4-5,7,11H,2-3,6H2,1H3;1H.